The van der Waals surface area contributed by atoms with Crippen LogP contribution in [0.4, 0.5) is 0 Å². The number of benzene rings is 1. The third-order valence-electron chi connectivity index (χ3n) is 4.23. The Kier molecular flexibility index (Phi) is 5.03. The number of fused-ring (bicyclic) bond motifs is 1. The van der Waals surface area contributed by atoms with Crippen LogP contribution < -0.4 is 15.3 Å². The highest BCUT2D eigenvalue weighted by atomic mass is 32.2. The molecular weight excluding hydrogens is 342 g/mol. The highest BCUT2D eigenvalue weighted by molar-refractivity contribution is 7.99. The molecule has 1 aromatic carbocycles. The first-order chi connectivity index (χ1) is 12.0. The fourth-order valence-corrected chi connectivity index (χ4v) is 3.57. The molecule has 8 nitrogen and oxygen atoms in total. The third-order valence-corrected chi connectivity index (χ3v) is 5.16. The molecule has 0 bridgehead atoms. The molecule has 0 spiro atoms. The first-order valence-corrected chi connectivity index (χ1v) is 8.83. The Morgan fingerprint density at radius 1 is 1.24 bits per heavy atom. The minimum Gasteiger partial charge on any atom is -0.493 e. The van der Waals surface area contributed by atoms with E-state index in [2.05, 4.69) is 10.2 Å². The highest BCUT2D eigenvalue weighted by Crippen LogP contribution is 2.33. The van der Waals surface area contributed by atoms with E-state index in [1.54, 1.807) is 21.1 Å². The molecule has 1 amide bonds. The Hall–Kier alpha value is -2.42. The average Bonchev–Trinajstić information content (AvgIpc) is 2.96. The lowest BCUT2D eigenvalue weighted by atomic mass is 9.99. The normalized spacial score (nSPS) is 13.5. The Bertz CT molecular complexity index is 792. The molecule has 2 aromatic rings. The summed E-state index contributed by atoms with van der Waals surface area (Å²) in [6.07, 6.45) is 0.790. The van der Waals surface area contributed by atoms with E-state index >= 15 is 0 Å². The van der Waals surface area contributed by atoms with Crippen LogP contribution in [0, 0.1) is 6.92 Å². The van der Waals surface area contributed by atoms with Gasteiger partial charge in [-0.1, -0.05) is 11.8 Å². The molecule has 0 saturated heterocycles. The molecule has 2 heterocycles. The van der Waals surface area contributed by atoms with E-state index in [0.29, 0.717) is 35.6 Å². The van der Waals surface area contributed by atoms with E-state index in [-0.39, 0.29) is 11.7 Å². The average molecular weight is 363 g/mol. The predicted octanol–water partition coefficient (Wildman–Crippen LogP) is 0.995. The van der Waals surface area contributed by atoms with Crippen molar-refractivity contribution in [2.45, 2.75) is 25.0 Å². The summed E-state index contributed by atoms with van der Waals surface area (Å²) in [6, 6.07) is 3.94. The molecule has 1 aliphatic rings. The molecule has 0 radical (unpaired) electrons. The summed E-state index contributed by atoms with van der Waals surface area (Å²) in [6.45, 7) is 3.00. The number of nitrogen functional groups attached to an aromatic ring is 1. The van der Waals surface area contributed by atoms with Crippen molar-refractivity contribution in [3.8, 4) is 11.5 Å². The zero-order valence-corrected chi connectivity index (χ0v) is 15.3. The molecule has 1 aromatic heterocycles. The number of carbonyl (C=O) groups is 1. The van der Waals surface area contributed by atoms with Crippen LogP contribution in [0.15, 0.2) is 17.3 Å². The molecule has 3 rings (SSSR count). The maximum Gasteiger partial charge on any atom is 0.233 e. The number of carbonyl (C=O) groups excluding carboxylic acids is 1. The standard InChI is InChI=1S/C16H21N5O3S/c1-10-18-19-16(21(10)17)25-9-15(22)20-5-4-11-6-13(23-2)14(24-3)7-12(11)8-20/h6-7H,4-5,8-9,17H2,1-3H3. The maximum absolute atomic E-state index is 12.5. The molecule has 0 unspecified atom stereocenters. The van der Waals surface area contributed by atoms with Crippen molar-refractivity contribution in [3.05, 3.63) is 29.1 Å². The molecule has 134 valence electrons. The lowest BCUT2D eigenvalue weighted by Gasteiger charge is -2.29. The molecule has 9 heteroatoms. The predicted molar refractivity (Wildman–Crippen MR) is 94.3 cm³/mol. The Morgan fingerprint density at radius 2 is 1.92 bits per heavy atom. The van der Waals surface area contributed by atoms with Crippen molar-refractivity contribution in [1.82, 2.24) is 19.8 Å². The summed E-state index contributed by atoms with van der Waals surface area (Å²) < 4.78 is 12.1. The lowest BCUT2D eigenvalue weighted by molar-refractivity contribution is -0.129. The van der Waals surface area contributed by atoms with Gasteiger partial charge in [0.15, 0.2) is 11.5 Å². The van der Waals surface area contributed by atoms with Gasteiger partial charge in [-0.2, -0.15) is 0 Å². The summed E-state index contributed by atoms with van der Waals surface area (Å²) >= 11 is 1.29. The van der Waals surface area contributed by atoms with E-state index < -0.39 is 0 Å². The molecular formula is C16H21N5O3S. The van der Waals surface area contributed by atoms with E-state index in [0.717, 1.165) is 12.0 Å². The van der Waals surface area contributed by atoms with Crippen LogP contribution in [0.5, 0.6) is 11.5 Å². The fourth-order valence-electron chi connectivity index (χ4n) is 2.76. The van der Waals surface area contributed by atoms with E-state index in [1.165, 1.54) is 22.0 Å². The zero-order valence-electron chi connectivity index (χ0n) is 14.5. The van der Waals surface area contributed by atoms with Gasteiger partial charge in [-0.3, -0.25) is 4.79 Å². The van der Waals surface area contributed by atoms with Crippen molar-refractivity contribution in [1.29, 1.82) is 0 Å². The molecule has 1 aliphatic heterocycles. The maximum atomic E-state index is 12.5. The zero-order chi connectivity index (χ0) is 18.0. The van der Waals surface area contributed by atoms with E-state index in [4.69, 9.17) is 15.3 Å². The summed E-state index contributed by atoms with van der Waals surface area (Å²) in [4.78, 5) is 14.4. The molecule has 0 aliphatic carbocycles. The van der Waals surface area contributed by atoms with Crippen LogP contribution in [0.2, 0.25) is 0 Å². The van der Waals surface area contributed by atoms with Crippen LogP contribution in [0.3, 0.4) is 0 Å². The molecule has 0 fully saturated rings. The van der Waals surface area contributed by atoms with Gasteiger partial charge in [0, 0.05) is 13.1 Å². The van der Waals surface area contributed by atoms with Gasteiger partial charge >= 0.3 is 0 Å². The van der Waals surface area contributed by atoms with Gasteiger partial charge in [0.25, 0.3) is 0 Å². The second-order valence-corrected chi connectivity index (χ2v) is 6.67. The van der Waals surface area contributed by atoms with Crippen molar-refractivity contribution in [3.63, 3.8) is 0 Å². The Balaban J connectivity index is 1.67. The van der Waals surface area contributed by atoms with Gasteiger partial charge in [-0.05, 0) is 36.6 Å². The minimum absolute atomic E-state index is 0.0473. The van der Waals surface area contributed by atoms with Crippen LogP contribution in [-0.2, 0) is 17.8 Å². The van der Waals surface area contributed by atoms with Gasteiger partial charge < -0.3 is 20.2 Å². The summed E-state index contributed by atoms with van der Waals surface area (Å²) in [5.41, 5.74) is 2.27. The monoisotopic (exact) mass is 363 g/mol. The van der Waals surface area contributed by atoms with Gasteiger partial charge in [-0.25, -0.2) is 4.68 Å². The quantitative estimate of drug-likeness (QED) is 0.625. The fraction of sp³-hybridized carbons (Fsp3) is 0.438. The van der Waals surface area contributed by atoms with Crippen molar-refractivity contribution < 1.29 is 14.3 Å². The number of ether oxygens (including phenoxy) is 2. The summed E-state index contributed by atoms with van der Waals surface area (Å²) in [5.74, 6) is 8.14. The van der Waals surface area contributed by atoms with Crippen LogP contribution in [-0.4, -0.2) is 52.2 Å². The first-order valence-electron chi connectivity index (χ1n) is 7.85. The Morgan fingerprint density at radius 3 is 2.52 bits per heavy atom. The van der Waals surface area contributed by atoms with Gasteiger partial charge in [0.2, 0.25) is 11.1 Å². The minimum atomic E-state index is 0.0473. The number of aromatic nitrogens is 3. The van der Waals surface area contributed by atoms with Crippen LogP contribution >= 0.6 is 11.8 Å². The second kappa shape index (κ2) is 7.22. The number of hydrogen-bond acceptors (Lipinski definition) is 7. The molecule has 25 heavy (non-hydrogen) atoms. The topological polar surface area (TPSA) is 95.5 Å². The lowest BCUT2D eigenvalue weighted by Crippen LogP contribution is -2.37. The van der Waals surface area contributed by atoms with Crippen molar-refractivity contribution in [2.24, 2.45) is 0 Å². The van der Waals surface area contributed by atoms with Crippen LogP contribution in [0.25, 0.3) is 0 Å². The number of nitrogens with two attached hydrogens (primary N) is 1. The summed E-state index contributed by atoms with van der Waals surface area (Å²) in [7, 11) is 3.23. The molecule has 0 atom stereocenters. The number of thioether (sulfide) groups is 1. The molecule has 0 saturated carbocycles. The number of hydrogen-bond donors (Lipinski definition) is 1. The number of amides is 1. The number of methoxy groups -OCH3 is 2. The van der Waals surface area contributed by atoms with E-state index in [1.807, 2.05) is 17.0 Å². The van der Waals surface area contributed by atoms with E-state index in [9.17, 15) is 4.79 Å². The third kappa shape index (κ3) is 3.51. The summed E-state index contributed by atoms with van der Waals surface area (Å²) in [5, 5.41) is 8.38. The number of nitrogens with zero attached hydrogens (tertiary/aromatic N) is 4. The van der Waals surface area contributed by atoms with Crippen molar-refractivity contribution >= 4 is 17.7 Å². The SMILES string of the molecule is COc1cc2c(cc1OC)CN(C(=O)CSc1nnc(C)n1N)CC2. The number of rotatable bonds is 5. The second-order valence-electron chi connectivity index (χ2n) is 5.73. The van der Waals surface area contributed by atoms with Crippen LogP contribution in [0.1, 0.15) is 17.0 Å². The first kappa shape index (κ1) is 17.4. The van der Waals surface area contributed by atoms with Gasteiger partial charge in [-0.15, -0.1) is 10.2 Å². The largest absolute Gasteiger partial charge is 0.493 e. The van der Waals surface area contributed by atoms with Crippen molar-refractivity contribution in [2.75, 3.05) is 32.4 Å². The Labute approximate surface area is 150 Å². The number of aryl methyl sites for hydroxylation is 1. The molecule has 2 N–H and O–H groups in total. The van der Waals surface area contributed by atoms with Gasteiger partial charge in [0.1, 0.15) is 5.82 Å². The van der Waals surface area contributed by atoms with Gasteiger partial charge in [0.05, 0.1) is 20.0 Å². The highest BCUT2D eigenvalue weighted by Gasteiger charge is 2.23. The smallest absolute Gasteiger partial charge is 0.233 e.